The van der Waals surface area contributed by atoms with Crippen LogP contribution in [0.25, 0.3) is 0 Å². The zero-order valence-corrected chi connectivity index (χ0v) is 14.6. The molecule has 0 aromatic heterocycles. The topological polar surface area (TPSA) is 18.5 Å². The highest BCUT2D eigenvalue weighted by Gasteiger charge is 2.22. The normalized spacial score (nSPS) is 17.5. The highest BCUT2D eigenvalue weighted by Crippen LogP contribution is 2.28. The maximum atomic E-state index is 13.3. The Labute approximate surface area is 147 Å². The van der Waals surface area contributed by atoms with Crippen molar-refractivity contribution in [3.05, 3.63) is 76.7 Å². The van der Waals surface area contributed by atoms with Crippen LogP contribution in [-0.2, 0) is 6.54 Å². The van der Waals surface area contributed by atoms with Crippen molar-refractivity contribution in [2.24, 2.45) is 0 Å². The van der Waals surface area contributed by atoms with Crippen molar-refractivity contribution < 1.29 is 4.39 Å². The maximum absolute atomic E-state index is 13.3. The van der Waals surface area contributed by atoms with Gasteiger partial charge in [0.1, 0.15) is 5.82 Å². The third-order valence-electron chi connectivity index (χ3n) is 4.09. The Hall–Kier alpha value is -1.88. The molecule has 0 saturated heterocycles. The van der Waals surface area contributed by atoms with E-state index in [1.165, 1.54) is 11.6 Å². The number of nitrogens with one attached hydrogen (secondary N) is 1. The average molecular weight is 346 g/mol. The number of nitrogens with zero attached hydrogens (tertiary/aromatic N) is 2. The number of hydrogen-bond donors (Lipinski definition) is 1. The number of para-hydroxylation sites is 1. The molecular formula is C19H21ClFN3. The van der Waals surface area contributed by atoms with Crippen molar-refractivity contribution in [3.8, 4) is 0 Å². The van der Waals surface area contributed by atoms with E-state index in [0.717, 1.165) is 17.8 Å². The van der Waals surface area contributed by atoms with E-state index in [2.05, 4.69) is 23.4 Å². The molecule has 1 heterocycles. The zero-order valence-electron chi connectivity index (χ0n) is 13.8. The standard InChI is InChI=1S/C19H21ClFN3/c1-14-16(12-23(2)11-15-6-5-7-17(21)10-15)13-24(22-14)19-9-4-3-8-18(19)20/h3-10,13-14,22H,11-12H2,1-2H3. The highest BCUT2D eigenvalue weighted by atomic mass is 35.5. The van der Waals surface area contributed by atoms with Gasteiger partial charge in [-0.15, -0.1) is 0 Å². The molecule has 2 aromatic rings. The number of hydrazine groups is 1. The molecule has 0 fully saturated rings. The van der Waals surface area contributed by atoms with Crippen molar-refractivity contribution >= 4 is 17.3 Å². The molecule has 3 nitrogen and oxygen atoms in total. The molecule has 2 aromatic carbocycles. The number of benzene rings is 2. The predicted molar refractivity (Wildman–Crippen MR) is 97.3 cm³/mol. The lowest BCUT2D eigenvalue weighted by molar-refractivity contribution is 0.348. The summed E-state index contributed by atoms with van der Waals surface area (Å²) in [7, 11) is 2.04. The van der Waals surface area contributed by atoms with Crippen LogP contribution >= 0.6 is 11.6 Å². The van der Waals surface area contributed by atoms with Crippen molar-refractivity contribution in [1.82, 2.24) is 10.3 Å². The Morgan fingerprint density at radius 1 is 1.17 bits per heavy atom. The van der Waals surface area contributed by atoms with E-state index < -0.39 is 0 Å². The Morgan fingerprint density at radius 3 is 2.71 bits per heavy atom. The molecule has 1 N–H and O–H groups in total. The number of likely N-dealkylation sites (N-methyl/N-ethyl adjacent to an activating group) is 1. The van der Waals surface area contributed by atoms with Gasteiger partial charge in [-0.25, -0.2) is 9.82 Å². The minimum Gasteiger partial charge on any atom is -0.298 e. The lowest BCUT2D eigenvalue weighted by atomic mass is 10.1. The van der Waals surface area contributed by atoms with E-state index >= 15 is 0 Å². The first kappa shape index (κ1) is 17.0. The summed E-state index contributed by atoms with van der Waals surface area (Å²) in [5, 5.41) is 2.68. The van der Waals surface area contributed by atoms with Crippen LogP contribution < -0.4 is 10.4 Å². The van der Waals surface area contributed by atoms with Gasteiger partial charge in [-0.1, -0.05) is 35.9 Å². The second-order valence-corrected chi connectivity index (χ2v) is 6.59. The summed E-state index contributed by atoms with van der Waals surface area (Å²) in [6, 6.07) is 14.7. The lowest BCUT2D eigenvalue weighted by Crippen LogP contribution is -2.35. The van der Waals surface area contributed by atoms with Crippen LogP contribution in [0.3, 0.4) is 0 Å². The summed E-state index contributed by atoms with van der Waals surface area (Å²) in [6.45, 7) is 3.62. The van der Waals surface area contributed by atoms with Gasteiger partial charge in [0.25, 0.3) is 0 Å². The van der Waals surface area contributed by atoms with Gasteiger partial charge in [-0.2, -0.15) is 0 Å². The molecule has 0 bridgehead atoms. The second kappa shape index (κ2) is 7.34. The van der Waals surface area contributed by atoms with Crippen molar-refractivity contribution in [3.63, 3.8) is 0 Å². The summed E-state index contributed by atoms with van der Waals surface area (Å²) in [5.74, 6) is -0.194. The predicted octanol–water partition coefficient (Wildman–Crippen LogP) is 4.21. The van der Waals surface area contributed by atoms with Crippen LogP contribution in [0.4, 0.5) is 10.1 Å². The summed E-state index contributed by atoms with van der Waals surface area (Å²) in [5.41, 5.74) is 6.58. The van der Waals surface area contributed by atoms with Gasteiger partial charge >= 0.3 is 0 Å². The molecule has 126 valence electrons. The van der Waals surface area contributed by atoms with E-state index in [1.54, 1.807) is 12.1 Å². The van der Waals surface area contributed by atoms with E-state index in [9.17, 15) is 4.39 Å². The molecule has 1 atom stereocenters. The Morgan fingerprint density at radius 2 is 1.96 bits per heavy atom. The van der Waals surface area contributed by atoms with Gasteiger partial charge in [0, 0.05) is 25.3 Å². The zero-order chi connectivity index (χ0) is 17.1. The molecular weight excluding hydrogens is 325 g/mol. The van der Waals surface area contributed by atoms with Gasteiger partial charge < -0.3 is 0 Å². The average Bonchev–Trinajstić information content (AvgIpc) is 2.88. The van der Waals surface area contributed by atoms with Crippen LogP contribution in [0.1, 0.15) is 12.5 Å². The monoisotopic (exact) mass is 345 g/mol. The fourth-order valence-corrected chi connectivity index (χ4v) is 3.11. The molecule has 0 spiro atoms. The SMILES string of the molecule is CC1NN(c2ccccc2Cl)C=C1CN(C)Cc1cccc(F)c1. The number of rotatable bonds is 5. The molecule has 3 rings (SSSR count). The van der Waals surface area contributed by atoms with Gasteiger partial charge in [0.05, 0.1) is 10.7 Å². The van der Waals surface area contributed by atoms with E-state index in [0.29, 0.717) is 11.6 Å². The molecule has 0 saturated carbocycles. The minimum absolute atomic E-state index is 0.194. The molecule has 24 heavy (non-hydrogen) atoms. The van der Waals surface area contributed by atoms with Crippen LogP contribution in [0.15, 0.2) is 60.3 Å². The van der Waals surface area contributed by atoms with E-state index in [1.807, 2.05) is 42.4 Å². The molecule has 5 heteroatoms. The van der Waals surface area contributed by atoms with Crippen molar-refractivity contribution in [1.29, 1.82) is 0 Å². The number of hydrogen-bond acceptors (Lipinski definition) is 3. The number of halogens is 2. The highest BCUT2D eigenvalue weighted by molar-refractivity contribution is 6.33. The largest absolute Gasteiger partial charge is 0.298 e. The quantitative estimate of drug-likeness (QED) is 0.875. The van der Waals surface area contributed by atoms with Crippen LogP contribution in [0.2, 0.25) is 5.02 Å². The molecule has 0 amide bonds. The fraction of sp³-hybridized carbons (Fsp3) is 0.263. The van der Waals surface area contributed by atoms with Gasteiger partial charge in [0.15, 0.2) is 0 Å². The molecule has 1 aliphatic rings. The summed E-state index contributed by atoms with van der Waals surface area (Å²) in [6.07, 6.45) is 2.09. The van der Waals surface area contributed by atoms with Crippen LogP contribution in [0, 0.1) is 5.82 Å². The summed E-state index contributed by atoms with van der Waals surface area (Å²) >= 11 is 6.27. The third kappa shape index (κ3) is 3.96. The first-order chi connectivity index (χ1) is 11.5. The van der Waals surface area contributed by atoms with E-state index in [-0.39, 0.29) is 11.9 Å². The second-order valence-electron chi connectivity index (χ2n) is 6.18. The Kier molecular flexibility index (Phi) is 5.19. The summed E-state index contributed by atoms with van der Waals surface area (Å²) in [4.78, 5) is 2.18. The van der Waals surface area contributed by atoms with Crippen LogP contribution in [-0.4, -0.2) is 24.5 Å². The van der Waals surface area contributed by atoms with Crippen LogP contribution in [0.5, 0.6) is 0 Å². The van der Waals surface area contributed by atoms with Gasteiger partial charge in [0.2, 0.25) is 0 Å². The van der Waals surface area contributed by atoms with E-state index in [4.69, 9.17) is 11.6 Å². The Bertz CT molecular complexity index is 747. The fourth-order valence-electron chi connectivity index (χ4n) is 2.88. The number of anilines is 1. The van der Waals surface area contributed by atoms with Gasteiger partial charge in [-0.05, 0) is 49.4 Å². The lowest BCUT2D eigenvalue weighted by Gasteiger charge is -2.20. The first-order valence-corrected chi connectivity index (χ1v) is 8.34. The minimum atomic E-state index is -0.194. The first-order valence-electron chi connectivity index (χ1n) is 7.96. The maximum Gasteiger partial charge on any atom is 0.123 e. The molecule has 0 radical (unpaired) electrons. The van der Waals surface area contributed by atoms with Gasteiger partial charge in [-0.3, -0.25) is 9.91 Å². The van der Waals surface area contributed by atoms with Crippen molar-refractivity contribution in [2.75, 3.05) is 18.6 Å². The van der Waals surface area contributed by atoms with Crippen molar-refractivity contribution in [2.45, 2.75) is 19.5 Å². The third-order valence-corrected chi connectivity index (χ3v) is 4.41. The summed E-state index contributed by atoms with van der Waals surface area (Å²) < 4.78 is 13.3. The molecule has 0 aliphatic carbocycles. The Balaban J connectivity index is 1.68. The molecule has 1 aliphatic heterocycles. The smallest absolute Gasteiger partial charge is 0.123 e. The molecule has 1 unspecified atom stereocenters.